The third kappa shape index (κ3) is 7.39. The van der Waals surface area contributed by atoms with Crippen LogP contribution in [0.5, 0.6) is 23.0 Å². The van der Waals surface area contributed by atoms with Crippen molar-refractivity contribution in [2.24, 2.45) is 4.99 Å². The van der Waals surface area contributed by atoms with Gasteiger partial charge in [-0.3, -0.25) is 9.36 Å². The highest BCUT2D eigenvalue weighted by Crippen LogP contribution is 2.36. The smallest absolute Gasteiger partial charge is 0.338 e. The van der Waals surface area contributed by atoms with E-state index in [1.165, 1.54) is 11.3 Å². The third-order valence-corrected chi connectivity index (χ3v) is 8.66. The van der Waals surface area contributed by atoms with Crippen molar-refractivity contribution in [3.8, 4) is 23.0 Å². The van der Waals surface area contributed by atoms with Crippen LogP contribution in [0, 0.1) is 0 Å². The molecule has 9 nitrogen and oxygen atoms in total. The molecule has 47 heavy (non-hydrogen) atoms. The minimum atomic E-state index is -0.790. The van der Waals surface area contributed by atoms with Crippen LogP contribution in [-0.4, -0.2) is 37.0 Å². The van der Waals surface area contributed by atoms with Gasteiger partial charge in [0, 0.05) is 10.6 Å². The topological polar surface area (TPSA) is 97.6 Å². The summed E-state index contributed by atoms with van der Waals surface area (Å²) in [7, 11) is 0. The molecule has 0 N–H and O–H groups in total. The summed E-state index contributed by atoms with van der Waals surface area (Å²) in [5, 5.41) is 0.622. The van der Waals surface area contributed by atoms with Crippen molar-refractivity contribution in [3.63, 3.8) is 0 Å². The van der Waals surface area contributed by atoms with Gasteiger partial charge in [-0.05, 0) is 82.2 Å². The second-order valence-electron chi connectivity index (χ2n) is 10.4. The van der Waals surface area contributed by atoms with E-state index in [0.717, 1.165) is 11.1 Å². The summed E-state index contributed by atoms with van der Waals surface area (Å²) in [5.74, 6) is 1.66. The largest absolute Gasteiger partial charge is 0.490 e. The Balaban J connectivity index is 1.59. The Morgan fingerprint density at radius 1 is 0.872 bits per heavy atom. The number of carbonyl (C=O) groups excluding carboxylic acids is 1. The van der Waals surface area contributed by atoms with Crippen molar-refractivity contribution in [1.82, 2.24) is 4.57 Å². The van der Waals surface area contributed by atoms with Crippen LogP contribution in [0.1, 0.15) is 57.4 Å². The molecule has 5 rings (SSSR count). The number of ether oxygens (including phenoxy) is 5. The Morgan fingerprint density at radius 2 is 1.53 bits per heavy atom. The summed E-state index contributed by atoms with van der Waals surface area (Å²) < 4.78 is 31.0. The first-order chi connectivity index (χ1) is 22.8. The predicted octanol–water partition coefficient (Wildman–Crippen LogP) is 6.23. The number of benzene rings is 3. The number of rotatable bonds is 13. The van der Waals surface area contributed by atoms with Gasteiger partial charge in [0.05, 0.1) is 48.3 Å². The summed E-state index contributed by atoms with van der Waals surface area (Å²) in [6.07, 6.45) is 1.79. The number of esters is 1. The average molecular weight is 677 g/mol. The van der Waals surface area contributed by atoms with Gasteiger partial charge in [-0.1, -0.05) is 53.3 Å². The second-order valence-corrected chi connectivity index (χ2v) is 11.8. The molecule has 0 amide bonds. The maximum Gasteiger partial charge on any atom is 0.338 e. The van der Waals surface area contributed by atoms with Gasteiger partial charge in [0.15, 0.2) is 27.8 Å². The molecule has 1 aliphatic rings. The van der Waals surface area contributed by atoms with Crippen molar-refractivity contribution in [1.29, 1.82) is 0 Å². The molecule has 0 unspecified atom stereocenters. The molecular formula is C36H37ClN2O7S. The molecular weight excluding hydrogens is 640 g/mol. The van der Waals surface area contributed by atoms with E-state index in [2.05, 4.69) is 4.99 Å². The molecule has 0 saturated heterocycles. The molecule has 3 aromatic carbocycles. The van der Waals surface area contributed by atoms with Gasteiger partial charge < -0.3 is 23.7 Å². The number of nitrogens with zero attached hydrogens (tertiary/aromatic N) is 2. The summed E-state index contributed by atoms with van der Waals surface area (Å²) in [4.78, 5) is 32.7. The SMILES string of the molecule is CCOC(=O)C1=C(C)N=c2s/c(=C\c3ccc(OCc4ccccc4Cl)c(OCC)c3)c(=O)n2[C@H]1c1ccc(OCC)c(OCC)c1. The Kier molecular flexibility index (Phi) is 11.1. The zero-order valence-corrected chi connectivity index (χ0v) is 28.6. The van der Waals surface area contributed by atoms with Gasteiger partial charge >= 0.3 is 5.97 Å². The molecule has 4 aromatic rings. The van der Waals surface area contributed by atoms with Crippen LogP contribution in [0.2, 0.25) is 5.02 Å². The highest BCUT2D eigenvalue weighted by atomic mass is 35.5. The van der Waals surface area contributed by atoms with E-state index in [9.17, 15) is 9.59 Å². The predicted molar refractivity (Wildman–Crippen MR) is 183 cm³/mol. The lowest BCUT2D eigenvalue weighted by Crippen LogP contribution is -2.40. The van der Waals surface area contributed by atoms with Gasteiger partial charge in [-0.15, -0.1) is 0 Å². The number of carbonyl (C=O) groups is 1. The van der Waals surface area contributed by atoms with Crippen molar-refractivity contribution in [2.45, 2.75) is 47.3 Å². The minimum absolute atomic E-state index is 0.181. The summed E-state index contributed by atoms with van der Waals surface area (Å²) >= 11 is 7.56. The summed E-state index contributed by atoms with van der Waals surface area (Å²) in [5.41, 5.74) is 2.73. The first-order valence-electron chi connectivity index (χ1n) is 15.5. The van der Waals surface area contributed by atoms with Crippen LogP contribution in [0.25, 0.3) is 6.08 Å². The lowest BCUT2D eigenvalue weighted by Gasteiger charge is -2.25. The van der Waals surface area contributed by atoms with E-state index >= 15 is 0 Å². The van der Waals surface area contributed by atoms with Crippen LogP contribution in [0.4, 0.5) is 0 Å². The number of aromatic nitrogens is 1. The lowest BCUT2D eigenvalue weighted by molar-refractivity contribution is -0.139. The minimum Gasteiger partial charge on any atom is -0.490 e. The Labute approximate surface area is 282 Å². The molecule has 246 valence electrons. The quantitative estimate of drug-likeness (QED) is 0.155. The molecule has 0 bridgehead atoms. The second kappa shape index (κ2) is 15.4. The van der Waals surface area contributed by atoms with Crippen molar-refractivity contribution < 1.29 is 28.5 Å². The normalized spacial score (nSPS) is 14.3. The standard InChI is InChI=1S/C36H37ClN2O7S/c1-6-42-27-17-15-24(20-30(27)44-8-3)33-32(35(41)45-9-4)22(5)38-36-39(33)34(40)31(47-36)19-23-14-16-28(29(18-23)43-7-2)46-21-25-12-10-11-13-26(25)37/h10-20,33H,6-9,21H2,1-5H3/b31-19-/t33-/m0/s1. The summed E-state index contributed by atoms with van der Waals surface area (Å²) in [6, 6.07) is 17.6. The van der Waals surface area contributed by atoms with Crippen molar-refractivity contribution in [3.05, 3.63) is 113 Å². The van der Waals surface area contributed by atoms with E-state index in [1.807, 2.05) is 75.4 Å². The van der Waals surface area contributed by atoms with Gasteiger partial charge in [-0.2, -0.15) is 0 Å². The van der Waals surface area contributed by atoms with Crippen molar-refractivity contribution >= 4 is 35.0 Å². The van der Waals surface area contributed by atoms with Crippen LogP contribution in [-0.2, 0) is 16.1 Å². The molecule has 1 aromatic heterocycles. The van der Waals surface area contributed by atoms with E-state index in [-0.39, 0.29) is 24.3 Å². The number of hydrogen-bond acceptors (Lipinski definition) is 9. The Hall–Kier alpha value is -4.54. The average Bonchev–Trinajstić information content (AvgIpc) is 3.35. The lowest BCUT2D eigenvalue weighted by atomic mass is 9.95. The van der Waals surface area contributed by atoms with Crippen LogP contribution in [0.15, 0.2) is 81.7 Å². The van der Waals surface area contributed by atoms with Gasteiger partial charge in [0.2, 0.25) is 0 Å². The molecule has 0 aliphatic carbocycles. The number of allylic oxidation sites excluding steroid dienone is 1. The fourth-order valence-electron chi connectivity index (χ4n) is 5.27. The molecule has 0 fully saturated rings. The Morgan fingerprint density at radius 3 is 2.23 bits per heavy atom. The van der Waals surface area contributed by atoms with E-state index in [1.54, 1.807) is 30.6 Å². The molecule has 11 heteroatoms. The van der Waals surface area contributed by atoms with E-state index in [4.69, 9.17) is 35.3 Å². The summed E-state index contributed by atoms with van der Waals surface area (Å²) in [6.45, 7) is 10.9. The number of hydrogen-bond donors (Lipinski definition) is 0. The van der Waals surface area contributed by atoms with E-state index in [0.29, 0.717) is 68.4 Å². The van der Waals surface area contributed by atoms with Crippen LogP contribution < -0.4 is 33.8 Å². The van der Waals surface area contributed by atoms with E-state index < -0.39 is 12.0 Å². The van der Waals surface area contributed by atoms with Crippen LogP contribution in [0.3, 0.4) is 0 Å². The molecule has 0 saturated carbocycles. The maximum absolute atomic E-state index is 14.2. The monoisotopic (exact) mass is 676 g/mol. The highest BCUT2D eigenvalue weighted by molar-refractivity contribution is 7.07. The maximum atomic E-state index is 14.2. The fourth-order valence-corrected chi connectivity index (χ4v) is 6.51. The molecule has 0 spiro atoms. The Bertz CT molecular complexity index is 1980. The first kappa shape index (κ1) is 33.8. The van der Waals surface area contributed by atoms with Crippen LogP contribution >= 0.6 is 22.9 Å². The van der Waals surface area contributed by atoms with Gasteiger partial charge in [0.1, 0.15) is 6.61 Å². The van der Waals surface area contributed by atoms with Gasteiger partial charge in [-0.25, -0.2) is 9.79 Å². The molecule has 2 heterocycles. The third-order valence-electron chi connectivity index (χ3n) is 7.31. The highest BCUT2D eigenvalue weighted by Gasteiger charge is 2.34. The van der Waals surface area contributed by atoms with Crippen molar-refractivity contribution in [2.75, 3.05) is 26.4 Å². The zero-order chi connectivity index (χ0) is 33.5. The molecule has 1 aliphatic heterocycles. The number of thiazole rings is 1. The molecule has 0 radical (unpaired) electrons. The number of fused-ring (bicyclic) bond motifs is 1. The molecule has 1 atom stereocenters. The zero-order valence-electron chi connectivity index (χ0n) is 27.0. The van der Waals surface area contributed by atoms with Gasteiger partial charge in [0.25, 0.3) is 5.56 Å². The first-order valence-corrected chi connectivity index (χ1v) is 16.7. The fraction of sp³-hybridized carbons (Fsp3) is 0.306. The number of halogens is 1.